The van der Waals surface area contributed by atoms with Crippen LogP contribution < -0.4 is 4.74 Å². The predicted molar refractivity (Wildman–Crippen MR) is 101 cm³/mol. The van der Waals surface area contributed by atoms with Gasteiger partial charge in [0.15, 0.2) is 0 Å². The van der Waals surface area contributed by atoms with Gasteiger partial charge < -0.3 is 9.64 Å². The summed E-state index contributed by atoms with van der Waals surface area (Å²) in [5, 5.41) is 8.43. The van der Waals surface area contributed by atoms with E-state index in [1.165, 1.54) is 0 Å². The van der Waals surface area contributed by atoms with Crippen molar-refractivity contribution in [1.29, 1.82) is 0 Å². The number of likely N-dealkylation sites (tertiary alicyclic amines) is 1. The van der Waals surface area contributed by atoms with Gasteiger partial charge in [0.05, 0.1) is 18.7 Å². The molecule has 6 nitrogen and oxygen atoms in total. The molecule has 1 unspecified atom stereocenters. The van der Waals surface area contributed by atoms with Gasteiger partial charge in [0.2, 0.25) is 5.91 Å². The second-order valence-electron chi connectivity index (χ2n) is 6.74. The molecule has 1 saturated heterocycles. The lowest BCUT2D eigenvalue weighted by atomic mass is 10.1. The van der Waals surface area contributed by atoms with Crippen LogP contribution in [0.4, 0.5) is 0 Å². The van der Waals surface area contributed by atoms with Crippen LogP contribution in [0.25, 0.3) is 0 Å². The number of hydrogen-bond acceptors (Lipinski definition) is 4. The molecule has 1 amide bonds. The smallest absolute Gasteiger partial charge is 0.227 e. The Morgan fingerprint density at radius 1 is 1.07 bits per heavy atom. The van der Waals surface area contributed by atoms with E-state index in [0.29, 0.717) is 19.6 Å². The maximum absolute atomic E-state index is 12.5. The van der Waals surface area contributed by atoms with Gasteiger partial charge in [-0.15, -0.1) is 5.10 Å². The van der Waals surface area contributed by atoms with E-state index in [0.717, 1.165) is 30.0 Å². The fraction of sp³-hybridized carbons (Fsp3) is 0.286. The molecule has 1 aliphatic heterocycles. The SMILES string of the molecule is O=C(Cc1ccccc1)N1CCC(n2cc(COc3ccccc3)nn2)C1. The van der Waals surface area contributed by atoms with Crippen molar-refractivity contribution in [1.82, 2.24) is 19.9 Å². The highest BCUT2D eigenvalue weighted by molar-refractivity contribution is 5.79. The maximum atomic E-state index is 12.5. The van der Waals surface area contributed by atoms with Crippen LogP contribution in [0.2, 0.25) is 0 Å². The van der Waals surface area contributed by atoms with Crippen molar-refractivity contribution >= 4 is 5.91 Å². The van der Waals surface area contributed by atoms with Crippen molar-refractivity contribution in [2.24, 2.45) is 0 Å². The Morgan fingerprint density at radius 2 is 1.81 bits per heavy atom. The van der Waals surface area contributed by atoms with E-state index in [2.05, 4.69) is 10.3 Å². The normalized spacial score (nSPS) is 16.4. The quantitative estimate of drug-likeness (QED) is 0.676. The summed E-state index contributed by atoms with van der Waals surface area (Å²) in [4.78, 5) is 14.4. The highest BCUT2D eigenvalue weighted by Crippen LogP contribution is 2.22. The van der Waals surface area contributed by atoms with Crippen molar-refractivity contribution in [3.05, 3.63) is 78.1 Å². The standard InChI is InChI=1S/C21H22N4O2/c26-21(13-17-7-3-1-4-8-17)24-12-11-19(15-24)25-14-18(22-23-25)16-27-20-9-5-2-6-10-20/h1-10,14,19H,11-13,15-16H2. The van der Waals surface area contributed by atoms with Gasteiger partial charge in [-0.3, -0.25) is 4.79 Å². The predicted octanol–water partition coefficient (Wildman–Crippen LogP) is 2.87. The zero-order valence-corrected chi connectivity index (χ0v) is 15.1. The monoisotopic (exact) mass is 362 g/mol. The van der Waals surface area contributed by atoms with Crippen LogP contribution >= 0.6 is 0 Å². The molecule has 0 saturated carbocycles. The van der Waals surface area contributed by atoms with Crippen molar-refractivity contribution in [2.75, 3.05) is 13.1 Å². The Bertz CT molecular complexity index is 879. The molecule has 0 bridgehead atoms. The van der Waals surface area contributed by atoms with E-state index in [4.69, 9.17) is 4.74 Å². The minimum absolute atomic E-state index is 0.163. The Hall–Kier alpha value is -3.15. The van der Waals surface area contributed by atoms with E-state index in [9.17, 15) is 4.79 Å². The Morgan fingerprint density at radius 3 is 2.59 bits per heavy atom. The third-order valence-corrected chi connectivity index (χ3v) is 4.78. The molecule has 0 N–H and O–H groups in total. The highest BCUT2D eigenvalue weighted by atomic mass is 16.5. The van der Waals surface area contributed by atoms with Gasteiger partial charge in [0.1, 0.15) is 18.1 Å². The van der Waals surface area contributed by atoms with Crippen LogP contribution in [0.3, 0.4) is 0 Å². The van der Waals surface area contributed by atoms with Gasteiger partial charge in [-0.25, -0.2) is 4.68 Å². The minimum Gasteiger partial charge on any atom is -0.487 e. The summed E-state index contributed by atoms with van der Waals surface area (Å²) in [6.07, 6.45) is 3.25. The lowest BCUT2D eigenvalue weighted by Gasteiger charge is -2.16. The zero-order chi connectivity index (χ0) is 18.5. The number of aromatic nitrogens is 3. The van der Waals surface area contributed by atoms with Crippen molar-refractivity contribution in [3.8, 4) is 5.75 Å². The number of carbonyl (C=O) groups excluding carboxylic acids is 1. The molecular formula is C21H22N4O2. The fourth-order valence-corrected chi connectivity index (χ4v) is 3.30. The number of hydrogen-bond donors (Lipinski definition) is 0. The molecule has 2 heterocycles. The van der Waals surface area contributed by atoms with Crippen LogP contribution in [0.15, 0.2) is 66.9 Å². The molecule has 4 rings (SSSR count). The van der Waals surface area contributed by atoms with E-state index < -0.39 is 0 Å². The topological polar surface area (TPSA) is 60.2 Å². The summed E-state index contributed by atoms with van der Waals surface area (Å²) in [6.45, 7) is 1.81. The number of ether oxygens (including phenoxy) is 1. The summed E-state index contributed by atoms with van der Waals surface area (Å²) in [5.41, 5.74) is 1.83. The van der Waals surface area contributed by atoms with Crippen LogP contribution in [0, 0.1) is 0 Å². The molecule has 1 fully saturated rings. The highest BCUT2D eigenvalue weighted by Gasteiger charge is 2.28. The molecule has 6 heteroatoms. The first-order valence-electron chi connectivity index (χ1n) is 9.18. The van der Waals surface area contributed by atoms with Crippen molar-refractivity contribution in [3.63, 3.8) is 0 Å². The number of carbonyl (C=O) groups is 1. The van der Waals surface area contributed by atoms with E-state index >= 15 is 0 Å². The third-order valence-electron chi connectivity index (χ3n) is 4.78. The average Bonchev–Trinajstić information content (AvgIpc) is 3.37. The minimum atomic E-state index is 0.163. The molecule has 0 aliphatic carbocycles. The fourth-order valence-electron chi connectivity index (χ4n) is 3.30. The summed E-state index contributed by atoms with van der Waals surface area (Å²) in [6, 6.07) is 19.7. The van der Waals surface area contributed by atoms with E-state index in [-0.39, 0.29) is 11.9 Å². The molecule has 27 heavy (non-hydrogen) atoms. The number of rotatable bonds is 6. The summed E-state index contributed by atoms with van der Waals surface area (Å²) < 4.78 is 7.57. The van der Waals surface area contributed by atoms with Crippen molar-refractivity contribution < 1.29 is 9.53 Å². The second kappa shape index (κ2) is 8.03. The van der Waals surface area contributed by atoms with Crippen molar-refractivity contribution in [2.45, 2.75) is 25.5 Å². The van der Waals surface area contributed by atoms with Gasteiger partial charge >= 0.3 is 0 Å². The number of nitrogens with zero attached hydrogens (tertiary/aromatic N) is 4. The van der Waals surface area contributed by atoms with E-state index in [1.807, 2.05) is 76.4 Å². The van der Waals surface area contributed by atoms with E-state index in [1.54, 1.807) is 0 Å². The first-order chi connectivity index (χ1) is 13.3. The van der Waals surface area contributed by atoms with Crippen LogP contribution in [-0.2, 0) is 17.8 Å². The second-order valence-corrected chi connectivity index (χ2v) is 6.74. The molecule has 3 aromatic rings. The van der Waals surface area contributed by atoms with Crippen LogP contribution in [0.5, 0.6) is 5.75 Å². The first-order valence-corrected chi connectivity index (χ1v) is 9.18. The molecule has 1 aromatic heterocycles. The van der Waals surface area contributed by atoms with Gasteiger partial charge in [-0.1, -0.05) is 53.7 Å². The molecule has 1 aliphatic rings. The molecule has 1 atom stereocenters. The number of amides is 1. The largest absolute Gasteiger partial charge is 0.487 e. The van der Waals surface area contributed by atoms with Crippen LogP contribution in [-0.4, -0.2) is 38.9 Å². The van der Waals surface area contributed by atoms with Crippen LogP contribution in [0.1, 0.15) is 23.7 Å². The lowest BCUT2D eigenvalue weighted by Crippen LogP contribution is -2.30. The summed E-state index contributed by atoms with van der Waals surface area (Å²) in [7, 11) is 0. The summed E-state index contributed by atoms with van der Waals surface area (Å²) in [5.74, 6) is 0.974. The Labute approximate surface area is 158 Å². The number of para-hydroxylation sites is 1. The first kappa shape index (κ1) is 17.3. The van der Waals surface area contributed by atoms with Gasteiger partial charge in [-0.2, -0.15) is 0 Å². The molecule has 138 valence electrons. The van der Waals surface area contributed by atoms with Gasteiger partial charge in [0.25, 0.3) is 0 Å². The van der Waals surface area contributed by atoms with Gasteiger partial charge in [-0.05, 0) is 24.1 Å². The number of benzene rings is 2. The molecule has 0 radical (unpaired) electrons. The zero-order valence-electron chi connectivity index (χ0n) is 15.1. The Balaban J connectivity index is 1.31. The average molecular weight is 362 g/mol. The third kappa shape index (κ3) is 4.34. The Kier molecular flexibility index (Phi) is 5.14. The molecular weight excluding hydrogens is 340 g/mol. The molecule has 2 aromatic carbocycles. The lowest BCUT2D eigenvalue weighted by molar-refractivity contribution is -0.129. The summed E-state index contributed by atoms with van der Waals surface area (Å²) >= 11 is 0. The maximum Gasteiger partial charge on any atom is 0.227 e. The molecule has 0 spiro atoms. The van der Waals surface area contributed by atoms with Gasteiger partial charge in [0, 0.05) is 13.1 Å².